The maximum Gasteiger partial charge on any atom is 0.164 e. The lowest BCUT2D eigenvalue weighted by atomic mass is 9.92. The van der Waals surface area contributed by atoms with E-state index in [9.17, 15) is 0 Å². The Balaban J connectivity index is 1.23. The highest BCUT2D eigenvalue weighted by Gasteiger charge is 2.19. The molecular formula is C49H33N5. The van der Waals surface area contributed by atoms with Crippen LogP contribution in [-0.4, -0.2) is 24.9 Å². The largest absolute Gasteiger partial charge is 0.228 e. The van der Waals surface area contributed by atoms with Crippen molar-refractivity contribution in [1.82, 2.24) is 24.9 Å². The van der Waals surface area contributed by atoms with Crippen molar-refractivity contribution < 1.29 is 0 Å². The minimum absolute atomic E-state index is 0.607. The van der Waals surface area contributed by atoms with Gasteiger partial charge in [-0.05, 0) is 40.5 Å². The Morgan fingerprint density at radius 2 is 0.574 bits per heavy atom. The van der Waals surface area contributed by atoms with Gasteiger partial charge in [-0.25, -0.2) is 24.9 Å². The predicted molar refractivity (Wildman–Crippen MR) is 219 cm³/mol. The molecule has 5 heteroatoms. The standard InChI is InChI=1S/C49H33N5/c1-6-18-34(19-7-1)43-32-39(30-31-42(43)48-50-44(35-20-8-2-9-21-35)33-45(51-48)36-22-10-3-11-23-36)40-28-16-17-29-41(40)49-53-46(37-24-12-4-13-25-37)52-47(54-49)38-26-14-5-15-27-38/h1-33H. The van der Waals surface area contributed by atoms with E-state index < -0.39 is 0 Å². The lowest BCUT2D eigenvalue weighted by Gasteiger charge is -2.16. The quantitative estimate of drug-likeness (QED) is 0.159. The number of hydrogen-bond acceptors (Lipinski definition) is 5. The van der Waals surface area contributed by atoms with E-state index in [0.29, 0.717) is 23.3 Å². The normalized spacial score (nSPS) is 11.0. The molecule has 0 aliphatic heterocycles. The summed E-state index contributed by atoms with van der Waals surface area (Å²) in [5.74, 6) is 2.51. The average Bonchev–Trinajstić information content (AvgIpc) is 3.27. The highest BCUT2D eigenvalue weighted by atomic mass is 15.0. The summed E-state index contributed by atoms with van der Waals surface area (Å²) in [7, 11) is 0. The highest BCUT2D eigenvalue weighted by Crippen LogP contribution is 2.39. The molecule has 0 radical (unpaired) electrons. The number of hydrogen-bond donors (Lipinski definition) is 0. The van der Waals surface area contributed by atoms with Crippen molar-refractivity contribution in [2.24, 2.45) is 0 Å². The van der Waals surface area contributed by atoms with Gasteiger partial charge < -0.3 is 0 Å². The van der Waals surface area contributed by atoms with Crippen molar-refractivity contribution in [3.63, 3.8) is 0 Å². The zero-order valence-corrected chi connectivity index (χ0v) is 29.3. The summed E-state index contributed by atoms with van der Waals surface area (Å²) in [6, 6.07) is 68.1. The molecule has 0 unspecified atom stereocenters. The smallest absolute Gasteiger partial charge is 0.164 e. The second-order valence-electron chi connectivity index (χ2n) is 12.9. The molecule has 2 aromatic heterocycles. The third-order valence-corrected chi connectivity index (χ3v) is 9.39. The van der Waals surface area contributed by atoms with Crippen molar-refractivity contribution >= 4 is 0 Å². The van der Waals surface area contributed by atoms with Crippen molar-refractivity contribution in [2.75, 3.05) is 0 Å². The molecular weight excluding hydrogens is 659 g/mol. The van der Waals surface area contributed by atoms with E-state index in [4.69, 9.17) is 24.9 Å². The second kappa shape index (κ2) is 14.7. The minimum atomic E-state index is 0.607. The fraction of sp³-hybridized carbons (Fsp3) is 0. The molecule has 254 valence electrons. The molecule has 54 heavy (non-hydrogen) atoms. The van der Waals surface area contributed by atoms with E-state index in [1.807, 2.05) is 109 Å². The summed E-state index contributed by atoms with van der Waals surface area (Å²) in [6.45, 7) is 0. The van der Waals surface area contributed by atoms with E-state index in [-0.39, 0.29) is 0 Å². The molecule has 5 nitrogen and oxygen atoms in total. The van der Waals surface area contributed by atoms with Crippen molar-refractivity contribution in [3.8, 4) is 90.3 Å². The summed E-state index contributed by atoms with van der Waals surface area (Å²) in [5, 5.41) is 0. The van der Waals surface area contributed by atoms with Crippen LogP contribution in [0, 0.1) is 0 Å². The summed E-state index contributed by atoms with van der Waals surface area (Å²) in [6.07, 6.45) is 0. The molecule has 0 amide bonds. The molecule has 0 saturated carbocycles. The van der Waals surface area contributed by atoms with Crippen molar-refractivity contribution in [3.05, 3.63) is 200 Å². The van der Waals surface area contributed by atoms with Gasteiger partial charge >= 0.3 is 0 Å². The number of rotatable bonds is 8. The van der Waals surface area contributed by atoms with Crippen molar-refractivity contribution in [2.45, 2.75) is 0 Å². The van der Waals surface area contributed by atoms with Crippen LogP contribution in [0.15, 0.2) is 200 Å². The Labute approximate surface area is 314 Å². The van der Waals surface area contributed by atoms with E-state index in [0.717, 1.165) is 67.0 Å². The Hall–Kier alpha value is -7.37. The second-order valence-corrected chi connectivity index (χ2v) is 12.9. The maximum atomic E-state index is 5.19. The summed E-state index contributed by atoms with van der Waals surface area (Å²) < 4.78 is 0. The minimum Gasteiger partial charge on any atom is -0.228 e. The van der Waals surface area contributed by atoms with Gasteiger partial charge in [0.15, 0.2) is 23.3 Å². The van der Waals surface area contributed by atoms with Gasteiger partial charge in [0.25, 0.3) is 0 Å². The first kappa shape index (κ1) is 32.5. The Morgan fingerprint density at radius 3 is 1.07 bits per heavy atom. The predicted octanol–water partition coefficient (Wildman–Crippen LogP) is 12.0. The van der Waals surface area contributed by atoms with Gasteiger partial charge in [-0.3, -0.25) is 0 Å². The zero-order valence-electron chi connectivity index (χ0n) is 29.3. The SMILES string of the molecule is c1ccc(-c2cc(-c3ccccc3)nc(-c3ccc(-c4ccccc4-c4nc(-c5ccccc5)nc(-c5ccccc5)n4)cc3-c3ccccc3)n2)cc1. The Bertz CT molecular complexity index is 2570. The van der Waals surface area contributed by atoms with Crippen LogP contribution in [-0.2, 0) is 0 Å². The van der Waals surface area contributed by atoms with Crippen LogP contribution in [0.5, 0.6) is 0 Å². The molecule has 2 heterocycles. The highest BCUT2D eigenvalue weighted by molar-refractivity contribution is 5.89. The van der Waals surface area contributed by atoms with Gasteiger partial charge in [0.1, 0.15) is 0 Å². The number of benzene rings is 7. The molecule has 0 aliphatic rings. The van der Waals surface area contributed by atoms with Crippen LogP contribution in [0.2, 0.25) is 0 Å². The zero-order chi connectivity index (χ0) is 36.1. The maximum absolute atomic E-state index is 5.19. The first-order valence-corrected chi connectivity index (χ1v) is 17.9. The lowest BCUT2D eigenvalue weighted by molar-refractivity contribution is 1.07. The van der Waals surface area contributed by atoms with Crippen LogP contribution in [0.4, 0.5) is 0 Å². The van der Waals surface area contributed by atoms with Crippen LogP contribution in [0.3, 0.4) is 0 Å². The van der Waals surface area contributed by atoms with E-state index in [1.54, 1.807) is 0 Å². The van der Waals surface area contributed by atoms with Gasteiger partial charge in [-0.2, -0.15) is 0 Å². The molecule has 0 spiro atoms. The van der Waals surface area contributed by atoms with Gasteiger partial charge in [0.05, 0.1) is 11.4 Å². The van der Waals surface area contributed by atoms with Crippen molar-refractivity contribution in [1.29, 1.82) is 0 Å². The third-order valence-electron chi connectivity index (χ3n) is 9.39. The fourth-order valence-corrected chi connectivity index (χ4v) is 6.70. The van der Waals surface area contributed by atoms with Gasteiger partial charge in [0.2, 0.25) is 0 Å². The summed E-state index contributed by atoms with van der Waals surface area (Å²) >= 11 is 0. The Kier molecular flexibility index (Phi) is 8.86. The molecule has 0 bridgehead atoms. The third kappa shape index (κ3) is 6.70. The first-order valence-electron chi connectivity index (χ1n) is 17.9. The molecule has 0 saturated heterocycles. The van der Waals surface area contributed by atoms with E-state index >= 15 is 0 Å². The van der Waals surface area contributed by atoms with Gasteiger partial charge in [-0.1, -0.05) is 182 Å². The van der Waals surface area contributed by atoms with Crippen LogP contribution in [0.25, 0.3) is 90.3 Å². The average molecular weight is 692 g/mol. The van der Waals surface area contributed by atoms with Crippen LogP contribution < -0.4 is 0 Å². The fourth-order valence-electron chi connectivity index (χ4n) is 6.70. The van der Waals surface area contributed by atoms with E-state index in [1.165, 1.54) is 0 Å². The monoisotopic (exact) mass is 691 g/mol. The lowest BCUT2D eigenvalue weighted by Crippen LogP contribution is -2.01. The summed E-state index contributed by atoms with van der Waals surface area (Å²) in [4.78, 5) is 25.4. The molecule has 0 N–H and O–H groups in total. The topological polar surface area (TPSA) is 64.5 Å². The molecule has 9 aromatic rings. The summed E-state index contributed by atoms with van der Waals surface area (Å²) in [5.41, 5.74) is 11.6. The van der Waals surface area contributed by atoms with Gasteiger partial charge in [0, 0.05) is 33.4 Å². The molecule has 7 aromatic carbocycles. The number of nitrogens with zero attached hydrogens (tertiary/aromatic N) is 5. The molecule has 0 aliphatic carbocycles. The van der Waals surface area contributed by atoms with Crippen LogP contribution >= 0.6 is 0 Å². The molecule has 0 fully saturated rings. The van der Waals surface area contributed by atoms with Gasteiger partial charge in [-0.15, -0.1) is 0 Å². The molecule has 9 rings (SSSR count). The molecule has 0 atom stereocenters. The first-order chi connectivity index (χ1) is 26.8. The number of aromatic nitrogens is 5. The van der Waals surface area contributed by atoms with Crippen LogP contribution in [0.1, 0.15) is 0 Å². The Morgan fingerprint density at radius 1 is 0.204 bits per heavy atom. The van der Waals surface area contributed by atoms with E-state index in [2.05, 4.69) is 91.0 Å².